The van der Waals surface area contributed by atoms with Crippen LogP contribution in [0.2, 0.25) is 0 Å². The Balaban J connectivity index is 1.78. The summed E-state index contributed by atoms with van der Waals surface area (Å²) in [4.78, 5) is 30.3. The van der Waals surface area contributed by atoms with Crippen LogP contribution in [0.3, 0.4) is 0 Å². The molecule has 3 rings (SSSR count). The van der Waals surface area contributed by atoms with Gasteiger partial charge in [0.05, 0.1) is 12.7 Å². The van der Waals surface area contributed by atoms with Gasteiger partial charge in [-0.3, -0.25) is 9.78 Å². The first-order valence-corrected chi connectivity index (χ1v) is 7.99. The van der Waals surface area contributed by atoms with Gasteiger partial charge in [-0.25, -0.2) is 4.79 Å². The molecule has 1 amide bonds. The van der Waals surface area contributed by atoms with Gasteiger partial charge in [0.25, 0.3) is 5.91 Å². The topological polar surface area (TPSA) is 59.5 Å². The maximum Gasteiger partial charge on any atom is 0.339 e. The lowest BCUT2D eigenvalue weighted by Crippen LogP contribution is -2.33. The lowest BCUT2D eigenvalue weighted by molar-refractivity contribution is 0.0598. The molecular weight excluding hydrogens is 304 g/mol. The van der Waals surface area contributed by atoms with Crippen molar-refractivity contribution in [2.24, 2.45) is 0 Å². The molecule has 24 heavy (non-hydrogen) atoms. The van der Waals surface area contributed by atoms with E-state index in [1.807, 2.05) is 30.0 Å². The number of aromatic nitrogens is 1. The van der Waals surface area contributed by atoms with Crippen LogP contribution in [-0.2, 0) is 11.3 Å². The molecule has 1 saturated carbocycles. The second-order valence-electron chi connectivity index (χ2n) is 6.08. The summed E-state index contributed by atoms with van der Waals surface area (Å²) in [6, 6.07) is 11.6. The third-order valence-corrected chi connectivity index (χ3v) is 4.09. The predicted molar refractivity (Wildman–Crippen MR) is 89.7 cm³/mol. The molecule has 0 radical (unpaired) electrons. The zero-order chi connectivity index (χ0) is 17.1. The van der Waals surface area contributed by atoms with Crippen LogP contribution in [0.5, 0.6) is 0 Å². The maximum atomic E-state index is 12.8. The van der Waals surface area contributed by atoms with Crippen molar-refractivity contribution in [1.29, 1.82) is 0 Å². The molecule has 0 unspecified atom stereocenters. The number of amides is 1. The largest absolute Gasteiger partial charge is 0.465 e. The Kier molecular flexibility index (Phi) is 4.60. The van der Waals surface area contributed by atoms with E-state index in [1.54, 1.807) is 12.1 Å². The maximum absolute atomic E-state index is 12.8. The molecule has 0 saturated heterocycles. The second-order valence-corrected chi connectivity index (χ2v) is 6.08. The number of nitrogens with zero attached hydrogens (tertiary/aromatic N) is 2. The van der Waals surface area contributed by atoms with Gasteiger partial charge in [0.1, 0.15) is 5.69 Å². The molecule has 1 aliphatic rings. The summed E-state index contributed by atoms with van der Waals surface area (Å²) < 4.78 is 4.65. The lowest BCUT2D eigenvalue weighted by Gasteiger charge is -2.22. The van der Waals surface area contributed by atoms with Gasteiger partial charge in [0, 0.05) is 18.8 Å². The van der Waals surface area contributed by atoms with Crippen LogP contribution < -0.4 is 0 Å². The first kappa shape index (κ1) is 16.2. The van der Waals surface area contributed by atoms with E-state index in [4.69, 9.17) is 0 Å². The number of carbonyl (C=O) groups is 2. The molecule has 0 N–H and O–H groups in total. The molecule has 1 heterocycles. The van der Waals surface area contributed by atoms with Gasteiger partial charge in [-0.15, -0.1) is 0 Å². The molecule has 5 heteroatoms. The highest BCUT2D eigenvalue weighted by molar-refractivity contribution is 5.94. The van der Waals surface area contributed by atoms with Crippen LogP contribution in [0.25, 0.3) is 0 Å². The fraction of sp³-hybridized carbons (Fsp3) is 0.316. The van der Waals surface area contributed by atoms with Crippen LogP contribution in [0.4, 0.5) is 0 Å². The van der Waals surface area contributed by atoms with E-state index < -0.39 is 5.97 Å². The summed E-state index contributed by atoms with van der Waals surface area (Å²) >= 11 is 0. The van der Waals surface area contributed by atoms with Crippen LogP contribution in [0.15, 0.2) is 42.6 Å². The molecule has 1 aromatic carbocycles. The van der Waals surface area contributed by atoms with Crippen molar-refractivity contribution in [1.82, 2.24) is 9.88 Å². The first-order valence-electron chi connectivity index (χ1n) is 7.99. The zero-order valence-corrected chi connectivity index (χ0v) is 13.9. The Labute approximate surface area is 141 Å². The van der Waals surface area contributed by atoms with E-state index in [0.717, 1.165) is 18.4 Å². The average molecular weight is 324 g/mol. The number of pyridine rings is 1. The van der Waals surface area contributed by atoms with Crippen LogP contribution in [0, 0.1) is 6.92 Å². The van der Waals surface area contributed by atoms with E-state index in [-0.39, 0.29) is 11.9 Å². The number of aryl methyl sites for hydroxylation is 1. The van der Waals surface area contributed by atoms with Crippen LogP contribution in [0.1, 0.15) is 44.8 Å². The van der Waals surface area contributed by atoms with Gasteiger partial charge >= 0.3 is 5.97 Å². The zero-order valence-electron chi connectivity index (χ0n) is 13.9. The van der Waals surface area contributed by atoms with E-state index >= 15 is 0 Å². The molecule has 0 spiro atoms. The SMILES string of the molecule is COC(=O)c1ccc(C(=O)N(Cc2cccc(C)c2)C2CC2)nc1. The van der Waals surface area contributed by atoms with Gasteiger partial charge in [-0.05, 0) is 37.5 Å². The minimum Gasteiger partial charge on any atom is -0.465 e. The molecule has 124 valence electrons. The molecule has 1 fully saturated rings. The first-order chi connectivity index (χ1) is 11.6. The number of hydrogen-bond acceptors (Lipinski definition) is 4. The third-order valence-electron chi connectivity index (χ3n) is 4.09. The quantitative estimate of drug-likeness (QED) is 0.793. The van der Waals surface area contributed by atoms with Gasteiger partial charge in [-0.1, -0.05) is 29.8 Å². The molecule has 0 aliphatic heterocycles. The van der Waals surface area contributed by atoms with E-state index in [9.17, 15) is 9.59 Å². The lowest BCUT2D eigenvalue weighted by atomic mass is 10.1. The van der Waals surface area contributed by atoms with Crippen molar-refractivity contribution in [3.63, 3.8) is 0 Å². The summed E-state index contributed by atoms with van der Waals surface area (Å²) in [5, 5.41) is 0. The van der Waals surface area contributed by atoms with Crippen molar-refractivity contribution in [2.45, 2.75) is 32.4 Å². The van der Waals surface area contributed by atoms with Gasteiger partial charge in [0.15, 0.2) is 0 Å². The smallest absolute Gasteiger partial charge is 0.339 e. The summed E-state index contributed by atoms with van der Waals surface area (Å²) in [5.74, 6) is -0.560. The van der Waals surface area contributed by atoms with Crippen LogP contribution in [-0.4, -0.2) is 34.9 Å². The Bertz CT molecular complexity index is 751. The predicted octanol–water partition coefficient (Wildman–Crippen LogP) is 2.98. The number of hydrogen-bond donors (Lipinski definition) is 0. The number of carbonyl (C=O) groups excluding carboxylic acids is 2. The number of rotatable bonds is 5. The van der Waals surface area contributed by atoms with Gasteiger partial charge in [0.2, 0.25) is 0 Å². The number of esters is 1. The van der Waals surface area contributed by atoms with E-state index in [1.165, 1.54) is 18.9 Å². The minimum atomic E-state index is -0.458. The molecule has 5 nitrogen and oxygen atoms in total. The Hall–Kier alpha value is -2.69. The fourth-order valence-corrected chi connectivity index (χ4v) is 2.67. The van der Waals surface area contributed by atoms with Crippen molar-refractivity contribution in [3.8, 4) is 0 Å². The van der Waals surface area contributed by atoms with Crippen molar-refractivity contribution >= 4 is 11.9 Å². The molecule has 2 aromatic rings. The highest BCUT2D eigenvalue weighted by Gasteiger charge is 2.33. The Morgan fingerprint density at radius 2 is 2.04 bits per heavy atom. The van der Waals surface area contributed by atoms with Crippen molar-refractivity contribution < 1.29 is 14.3 Å². The third kappa shape index (κ3) is 3.62. The molecular formula is C19H20N2O3. The highest BCUT2D eigenvalue weighted by Crippen LogP contribution is 2.29. The fourth-order valence-electron chi connectivity index (χ4n) is 2.67. The summed E-state index contributed by atoms with van der Waals surface area (Å²) in [6.45, 7) is 2.62. The summed E-state index contributed by atoms with van der Waals surface area (Å²) in [6.07, 6.45) is 3.44. The van der Waals surface area contributed by atoms with Gasteiger partial charge < -0.3 is 9.64 Å². The van der Waals surface area contributed by atoms with E-state index in [0.29, 0.717) is 17.8 Å². The minimum absolute atomic E-state index is 0.101. The van der Waals surface area contributed by atoms with Crippen LogP contribution >= 0.6 is 0 Å². The number of benzene rings is 1. The molecule has 1 aliphatic carbocycles. The Morgan fingerprint density at radius 3 is 2.62 bits per heavy atom. The van der Waals surface area contributed by atoms with Crippen molar-refractivity contribution in [2.75, 3.05) is 7.11 Å². The highest BCUT2D eigenvalue weighted by atomic mass is 16.5. The monoisotopic (exact) mass is 324 g/mol. The summed E-state index contributed by atoms with van der Waals surface area (Å²) in [5.41, 5.74) is 2.98. The molecule has 1 aromatic heterocycles. The molecule has 0 bridgehead atoms. The van der Waals surface area contributed by atoms with E-state index in [2.05, 4.69) is 15.8 Å². The Morgan fingerprint density at radius 1 is 1.25 bits per heavy atom. The normalized spacial score (nSPS) is 13.4. The second kappa shape index (κ2) is 6.83. The summed E-state index contributed by atoms with van der Waals surface area (Å²) in [7, 11) is 1.32. The number of ether oxygens (including phenoxy) is 1. The van der Waals surface area contributed by atoms with Gasteiger partial charge in [-0.2, -0.15) is 0 Å². The number of methoxy groups -OCH3 is 1. The standard InChI is InChI=1S/C19H20N2O3/c1-13-4-3-5-14(10-13)12-21(16-7-8-16)18(22)17-9-6-15(11-20-17)19(23)24-2/h3-6,9-11,16H,7-8,12H2,1-2H3. The average Bonchev–Trinajstić information content (AvgIpc) is 3.43. The molecule has 0 atom stereocenters. The van der Waals surface area contributed by atoms with Crippen molar-refractivity contribution in [3.05, 3.63) is 65.0 Å².